The van der Waals surface area contributed by atoms with Gasteiger partial charge in [0.15, 0.2) is 6.10 Å². The Labute approximate surface area is 163 Å². The molecule has 0 unspecified atom stereocenters. The molecule has 0 saturated heterocycles. The molecule has 0 aromatic heterocycles. The molecule has 0 spiro atoms. The maximum absolute atomic E-state index is 12.6. The number of nitro benzene ring substituents is 1. The van der Waals surface area contributed by atoms with Crippen molar-refractivity contribution in [3.05, 3.63) is 69.8 Å². The van der Waals surface area contributed by atoms with Crippen molar-refractivity contribution >= 4 is 23.3 Å². The number of nitro groups is 1. The van der Waals surface area contributed by atoms with Crippen LogP contribution in [0.15, 0.2) is 48.5 Å². The number of non-ortho nitro benzene ring substituents is 1. The Bertz CT molecular complexity index is 867. The third-order valence-electron chi connectivity index (χ3n) is 4.16. The van der Waals surface area contributed by atoms with E-state index in [1.165, 1.54) is 24.0 Å². The molecule has 1 atom stereocenters. The molecule has 0 aliphatic heterocycles. The molecule has 0 aliphatic carbocycles. The molecule has 2 rings (SSSR count). The second kappa shape index (κ2) is 8.98. The first-order valence-electron chi connectivity index (χ1n) is 8.66. The highest BCUT2D eigenvalue weighted by molar-refractivity contribution is 5.98. The summed E-state index contributed by atoms with van der Waals surface area (Å²) in [4.78, 5) is 38.7. The normalized spacial score (nSPS) is 11.4. The highest BCUT2D eigenvalue weighted by Crippen LogP contribution is 2.25. The predicted octanol–water partition coefficient (Wildman–Crippen LogP) is 2.86. The molecule has 2 aromatic carbocycles. The van der Waals surface area contributed by atoms with E-state index in [0.717, 1.165) is 11.6 Å². The van der Waals surface area contributed by atoms with Gasteiger partial charge in [-0.2, -0.15) is 0 Å². The molecule has 8 nitrogen and oxygen atoms in total. The van der Waals surface area contributed by atoms with E-state index in [-0.39, 0.29) is 17.2 Å². The Morgan fingerprint density at radius 1 is 1.11 bits per heavy atom. The highest BCUT2D eigenvalue weighted by Gasteiger charge is 2.25. The van der Waals surface area contributed by atoms with Gasteiger partial charge in [-0.3, -0.25) is 14.9 Å². The van der Waals surface area contributed by atoms with Gasteiger partial charge in [-0.1, -0.05) is 30.3 Å². The van der Waals surface area contributed by atoms with E-state index in [1.54, 1.807) is 26.0 Å². The Kier molecular flexibility index (Phi) is 6.70. The maximum Gasteiger partial charge on any atom is 0.341 e. The van der Waals surface area contributed by atoms with Crippen molar-refractivity contribution in [1.82, 2.24) is 4.90 Å². The lowest BCUT2D eigenvalue weighted by Gasteiger charge is -2.22. The largest absolute Gasteiger partial charge is 0.449 e. The first kappa shape index (κ1) is 20.9. The lowest BCUT2D eigenvalue weighted by molar-refractivity contribution is -0.384. The zero-order valence-electron chi connectivity index (χ0n) is 16.3. The van der Waals surface area contributed by atoms with Crippen LogP contribution in [0.2, 0.25) is 0 Å². The minimum absolute atomic E-state index is 0.0320. The molecule has 1 amide bonds. The van der Waals surface area contributed by atoms with Gasteiger partial charge in [-0.25, -0.2) is 4.79 Å². The quantitative estimate of drug-likeness (QED) is 0.413. The number of ether oxygens (including phenoxy) is 1. The summed E-state index contributed by atoms with van der Waals surface area (Å²) in [6, 6.07) is 13.4. The van der Waals surface area contributed by atoms with Crippen LogP contribution in [-0.4, -0.2) is 48.9 Å². The van der Waals surface area contributed by atoms with Gasteiger partial charge in [-0.05, 0) is 18.6 Å². The van der Waals surface area contributed by atoms with Gasteiger partial charge in [-0.15, -0.1) is 0 Å². The summed E-state index contributed by atoms with van der Waals surface area (Å²) in [5, 5.41) is 11.0. The molecule has 0 saturated carbocycles. The second-order valence-corrected chi connectivity index (χ2v) is 6.58. The fourth-order valence-electron chi connectivity index (χ4n) is 2.71. The van der Waals surface area contributed by atoms with Gasteiger partial charge < -0.3 is 14.5 Å². The van der Waals surface area contributed by atoms with E-state index in [2.05, 4.69) is 0 Å². The van der Waals surface area contributed by atoms with Gasteiger partial charge in [0.2, 0.25) is 0 Å². The molecule has 8 heteroatoms. The van der Waals surface area contributed by atoms with Crippen LogP contribution in [0.3, 0.4) is 0 Å². The van der Waals surface area contributed by atoms with Gasteiger partial charge in [0.1, 0.15) is 0 Å². The van der Waals surface area contributed by atoms with E-state index >= 15 is 0 Å². The van der Waals surface area contributed by atoms with Crippen LogP contribution < -0.4 is 4.90 Å². The summed E-state index contributed by atoms with van der Waals surface area (Å²) in [6.07, 6.45) is -1.03. The van der Waals surface area contributed by atoms with Gasteiger partial charge in [0.05, 0.1) is 16.2 Å². The van der Waals surface area contributed by atoms with Crippen molar-refractivity contribution in [2.45, 2.75) is 19.6 Å². The first-order valence-corrected chi connectivity index (χ1v) is 8.66. The molecule has 28 heavy (non-hydrogen) atoms. The number of rotatable bonds is 7. The fraction of sp³-hybridized carbons (Fsp3) is 0.300. The van der Waals surface area contributed by atoms with E-state index < -0.39 is 17.0 Å². The van der Waals surface area contributed by atoms with Crippen molar-refractivity contribution in [3.8, 4) is 0 Å². The summed E-state index contributed by atoms with van der Waals surface area (Å²) in [5.41, 5.74) is 1.22. The van der Waals surface area contributed by atoms with E-state index in [1.807, 2.05) is 30.3 Å². The molecule has 0 heterocycles. The smallest absolute Gasteiger partial charge is 0.341 e. The molecule has 0 N–H and O–H groups in total. The first-order chi connectivity index (χ1) is 13.2. The number of carbonyl (C=O) groups excluding carboxylic acids is 2. The summed E-state index contributed by atoms with van der Waals surface area (Å²) < 4.78 is 5.30. The van der Waals surface area contributed by atoms with E-state index in [4.69, 9.17) is 4.74 Å². The minimum atomic E-state index is -1.03. The van der Waals surface area contributed by atoms with Crippen LogP contribution in [0.5, 0.6) is 0 Å². The van der Waals surface area contributed by atoms with Gasteiger partial charge >= 0.3 is 5.97 Å². The summed E-state index contributed by atoms with van der Waals surface area (Å²) in [6.45, 7) is 1.86. The molecular weight excluding hydrogens is 362 g/mol. The lowest BCUT2D eigenvalue weighted by Crippen LogP contribution is -2.37. The van der Waals surface area contributed by atoms with E-state index in [0.29, 0.717) is 12.2 Å². The highest BCUT2D eigenvalue weighted by atomic mass is 16.6. The number of carbonyl (C=O) groups is 2. The molecule has 0 bridgehead atoms. The monoisotopic (exact) mass is 385 g/mol. The number of anilines is 1. The van der Waals surface area contributed by atoms with Crippen molar-refractivity contribution in [3.63, 3.8) is 0 Å². The molecule has 148 valence electrons. The summed E-state index contributed by atoms with van der Waals surface area (Å²) in [7, 11) is 5.04. The number of hydrogen-bond acceptors (Lipinski definition) is 6. The topological polar surface area (TPSA) is 93.0 Å². The third-order valence-corrected chi connectivity index (χ3v) is 4.16. The van der Waals surface area contributed by atoms with Crippen LogP contribution in [0.1, 0.15) is 22.8 Å². The van der Waals surface area contributed by atoms with Crippen LogP contribution in [0.25, 0.3) is 0 Å². The Morgan fingerprint density at radius 3 is 2.32 bits per heavy atom. The van der Waals surface area contributed by atoms with Crippen LogP contribution in [0.4, 0.5) is 11.4 Å². The van der Waals surface area contributed by atoms with Crippen LogP contribution >= 0.6 is 0 Å². The van der Waals surface area contributed by atoms with Crippen LogP contribution in [0, 0.1) is 10.1 Å². The number of amides is 1. The zero-order valence-corrected chi connectivity index (χ0v) is 16.3. The SMILES string of the molecule is C[C@H](OC(=O)c1cc([N+](=O)[O-])ccc1N(C)C)C(=O)N(C)Cc1ccccc1. The Morgan fingerprint density at radius 2 is 1.75 bits per heavy atom. The van der Waals surface area contributed by atoms with Crippen LogP contribution in [-0.2, 0) is 16.1 Å². The average molecular weight is 385 g/mol. The molecule has 2 aromatic rings. The minimum Gasteiger partial charge on any atom is -0.449 e. The number of nitrogens with zero attached hydrogens (tertiary/aromatic N) is 3. The lowest BCUT2D eigenvalue weighted by atomic mass is 10.1. The molecular formula is C20H23N3O5. The third kappa shape index (κ3) is 5.06. The van der Waals surface area contributed by atoms with Gasteiger partial charge in [0.25, 0.3) is 11.6 Å². The average Bonchev–Trinajstić information content (AvgIpc) is 2.67. The summed E-state index contributed by atoms with van der Waals surface area (Å²) in [5.74, 6) is -1.16. The maximum atomic E-state index is 12.6. The van der Waals surface area contributed by atoms with Crippen molar-refractivity contribution < 1.29 is 19.2 Å². The fourth-order valence-corrected chi connectivity index (χ4v) is 2.71. The van der Waals surface area contributed by atoms with Crippen molar-refractivity contribution in [2.24, 2.45) is 0 Å². The predicted molar refractivity (Wildman–Crippen MR) is 105 cm³/mol. The number of hydrogen-bond donors (Lipinski definition) is 0. The molecule has 0 radical (unpaired) electrons. The second-order valence-electron chi connectivity index (χ2n) is 6.58. The molecule has 0 aliphatic rings. The van der Waals surface area contributed by atoms with Crippen molar-refractivity contribution in [1.29, 1.82) is 0 Å². The number of esters is 1. The number of benzene rings is 2. The summed E-state index contributed by atoms with van der Waals surface area (Å²) >= 11 is 0. The Hall–Kier alpha value is -3.42. The van der Waals surface area contributed by atoms with Crippen molar-refractivity contribution in [2.75, 3.05) is 26.0 Å². The zero-order chi connectivity index (χ0) is 20.8. The molecule has 0 fully saturated rings. The van der Waals surface area contributed by atoms with E-state index in [9.17, 15) is 19.7 Å². The van der Waals surface area contributed by atoms with Gasteiger partial charge in [0, 0.05) is 39.8 Å². The number of likely N-dealkylation sites (N-methyl/N-ethyl adjacent to an activating group) is 1. The Balaban J connectivity index is 2.13. The standard InChI is InChI=1S/C20H23N3O5/c1-14(19(24)22(4)13-15-8-6-5-7-9-15)28-20(25)17-12-16(23(26)27)10-11-18(17)21(2)3/h5-12,14H,13H2,1-4H3/t14-/m0/s1.